The van der Waals surface area contributed by atoms with Crippen LogP contribution in [-0.2, 0) is 14.1 Å². The van der Waals surface area contributed by atoms with Crippen LogP contribution < -0.4 is 5.69 Å². The Kier molecular flexibility index (Phi) is 1.33. The Morgan fingerprint density at radius 2 is 2.00 bits per heavy atom. The highest BCUT2D eigenvalue weighted by Gasteiger charge is 2.13. The molecule has 0 aliphatic rings. The standard InChI is InChI=1S/C8H8N6O/c1-12-4-10-6-5(12)7-9-3-11-14(7)8(15)13(6)2/h3-4H,1-2H3. The van der Waals surface area contributed by atoms with Crippen molar-refractivity contribution in [2.75, 3.05) is 0 Å². The van der Waals surface area contributed by atoms with Gasteiger partial charge in [-0.1, -0.05) is 0 Å². The van der Waals surface area contributed by atoms with E-state index in [1.54, 1.807) is 13.4 Å². The third-order valence-corrected chi connectivity index (χ3v) is 2.46. The minimum absolute atomic E-state index is 0.242. The molecule has 0 bridgehead atoms. The van der Waals surface area contributed by atoms with E-state index in [4.69, 9.17) is 0 Å². The molecule has 0 aliphatic heterocycles. The Balaban J connectivity index is 2.80. The summed E-state index contributed by atoms with van der Waals surface area (Å²) in [4.78, 5) is 20.0. The van der Waals surface area contributed by atoms with Crippen molar-refractivity contribution in [2.45, 2.75) is 0 Å². The second kappa shape index (κ2) is 2.44. The van der Waals surface area contributed by atoms with Gasteiger partial charge in [0.05, 0.1) is 6.33 Å². The molecule has 0 saturated heterocycles. The van der Waals surface area contributed by atoms with Crippen molar-refractivity contribution in [1.82, 2.24) is 28.7 Å². The first-order valence-corrected chi connectivity index (χ1v) is 4.40. The van der Waals surface area contributed by atoms with Crippen LogP contribution in [0.25, 0.3) is 16.8 Å². The zero-order valence-corrected chi connectivity index (χ0v) is 8.25. The van der Waals surface area contributed by atoms with Gasteiger partial charge in [0, 0.05) is 14.1 Å². The number of nitrogens with zero attached hydrogens (tertiary/aromatic N) is 6. The summed E-state index contributed by atoms with van der Waals surface area (Å²) in [6, 6.07) is 0. The van der Waals surface area contributed by atoms with Gasteiger partial charge in [0.1, 0.15) is 11.8 Å². The van der Waals surface area contributed by atoms with E-state index in [9.17, 15) is 4.79 Å². The van der Waals surface area contributed by atoms with Crippen LogP contribution in [0.1, 0.15) is 0 Å². The molecule has 3 aromatic rings. The van der Waals surface area contributed by atoms with Crippen LogP contribution in [0.2, 0.25) is 0 Å². The highest BCUT2D eigenvalue weighted by molar-refractivity contribution is 5.85. The average Bonchev–Trinajstić information content (AvgIpc) is 2.80. The fraction of sp³-hybridized carbons (Fsp3) is 0.250. The molecule has 3 aromatic heterocycles. The normalized spacial score (nSPS) is 11.6. The first-order chi connectivity index (χ1) is 7.20. The van der Waals surface area contributed by atoms with E-state index in [-0.39, 0.29) is 5.69 Å². The van der Waals surface area contributed by atoms with Crippen LogP contribution in [0.5, 0.6) is 0 Å². The van der Waals surface area contributed by atoms with Gasteiger partial charge in [-0.05, 0) is 0 Å². The van der Waals surface area contributed by atoms with Gasteiger partial charge in [-0.25, -0.2) is 14.8 Å². The van der Waals surface area contributed by atoms with Gasteiger partial charge in [0.25, 0.3) is 0 Å². The maximum Gasteiger partial charge on any atom is 0.352 e. The molecular formula is C8H8N6O. The van der Waals surface area contributed by atoms with Crippen molar-refractivity contribution < 1.29 is 0 Å². The third-order valence-electron chi connectivity index (χ3n) is 2.46. The largest absolute Gasteiger partial charge is 0.352 e. The molecule has 76 valence electrons. The van der Waals surface area contributed by atoms with Crippen LogP contribution in [0, 0.1) is 0 Å². The van der Waals surface area contributed by atoms with Crippen LogP contribution in [0.15, 0.2) is 17.4 Å². The molecule has 0 saturated carbocycles. The fourth-order valence-electron chi connectivity index (χ4n) is 1.70. The van der Waals surface area contributed by atoms with E-state index >= 15 is 0 Å². The fourth-order valence-corrected chi connectivity index (χ4v) is 1.70. The molecule has 7 heteroatoms. The van der Waals surface area contributed by atoms with E-state index in [0.29, 0.717) is 11.3 Å². The SMILES string of the molecule is Cn1cnc2c1c1ncnn1c(=O)n2C. The summed E-state index contributed by atoms with van der Waals surface area (Å²) < 4.78 is 4.54. The second-order valence-electron chi connectivity index (χ2n) is 3.36. The van der Waals surface area contributed by atoms with Crippen molar-refractivity contribution in [2.24, 2.45) is 14.1 Å². The lowest BCUT2D eigenvalue weighted by molar-refractivity contribution is 0.764. The molecule has 0 radical (unpaired) electrons. The molecule has 0 fully saturated rings. The highest BCUT2D eigenvalue weighted by Crippen LogP contribution is 2.12. The number of hydrogen-bond acceptors (Lipinski definition) is 4. The van der Waals surface area contributed by atoms with Crippen molar-refractivity contribution in [3.8, 4) is 0 Å². The smallest absolute Gasteiger partial charge is 0.329 e. The van der Waals surface area contributed by atoms with Crippen LogP contribution in [-0.4, -0.2) is 28.7 Å². The monoisotopic (exact) mass is 204 g/mol. The molecular weight excluding hydrogens is 196 g/mol. The Labute approximate surface area is 83.6 Å². The molecule has 0 amide bonds. The molecule has 0 N–H and O–H groups in total. The van der Waals surface area contributed by atoms with Crippen molar-refractivity contribution in [1.29, 1.82) is 0 Å². The number of aromatic nitrogens is 6. The Hall–Kier alpha value is -2.18. The summed E-state index contributed by atoms with van der Waals surface area (Å²) in [5.74, 6) is 0. The van der Waals surface area contributed by atoms with Gasteiger partial charge in [-0.2, -0.15) is 9.61 Å². The van der Waals surface area contributed by atoms with Crippen molar-refractivity contribution in [3.63, 3.8) is 0 Å². The maximum absolute atomic E-state index is 11.8. The number of hydrogen-bond donors (Lipinski definition) is 0. The minimum Gasteiger partial charge on any atom is -0.329 e. The van der Waals surface area contributed by atoms with Crippen molar-refractivity contribution in [3.05, 3.63) is 23.1 Å². The zero-order chi connectivity index (χ0) is 10.6. The topological polar surface area (TPSA) is 70.0 Å². The predicted octanol–water partition coefficient (Wildman–Crippen LogP) is -0.685. The molecule has 0 aromatic carbocycles. The van der Waals surface area contributed by atoms with Gasteiger partial charge >= 0.3 is 5.69 Å². The highest BCUT2D eigenvalue weighted by atomic mass is 16.2. The number of aryl methyl sites for hydroxylation is 2. The average molecular weight is 204 g/mol. The number of fused-ring (bicyclic) bond motifs is 3. The molecule has 0 spiro atoms. The Bertz CT molecular complexity index is 718. The molecule has 7 nitrogen and oxygen atoms in total. The summed E-state index contributed by atoms with van der Waals surface area (Å²) in [7, 11) is 3.52. The summed E-state index contributed by atoms with van der Waals surface area (Å²) in [5.41, 5.74) is 1.71. The van der Waals surface area contributed by atoms with E-state index < -0.39 is 0 Å². The zero-order valence-electron chi connectivity index (χ0n) is 8.25. The van der Waals surface area contributed by atoms with Crippen LogP contribution >= 0.6 is 0 Å². The van der Waals surface area contributed by atoms with E-state index in [1.807, 2.05) is 11.6 Å². The third kappa shape index (κ3) is 0.841. The maximum atomic E-state index is 11.8. The van der Waals surface area contributed by atoms with Gasteiger partial charge < -0.3 is 4.57 Å². The summed E-state index contributed by atoms with van der Waals surface area (Å²) in [6.07, 6.45) is 3.02. The van der Waals surface area contributed by atoms with Gasteiger partial charge in [-0.15, -0.1) is 0 Å². The van der Waals surface area contributed by atoms with Gasteiger partial charge in [0.15, 0.2) is 11.3 Å². The van der Waals surface area contributed by atoms with E-state index in [0.717, 1.165) is 5.52 Å². The van der Waals surface area contributed by atoms with Crippen LogP contribution in [0.3, 0.4) is 0 Å². The number of rotatable bonds is 0. The summed E-state index contributed by atoms with van der Waals surface area (Å²) >= 11 is 0. The van der Waals surface area contributed by atoms with E-state index in [2.05, 4.69) is 15.1 Å². The summed E-state index contributed by atoms with van der Waals surface area (Å²) in [5, 5.41) is 3.88. The molecule has 0 unspecified atom stereocenters. The first-order valence-electron chi connectivity index (χ1n) is 4.40. The first kappa shape index (κ1) is 8.16. The second-order valence-corrected chi connectivity index (χ2v) is 3.36. The number of imidazole rings is 1. The molecule has 0 atom stereocenters. The van der Waals surface area contributed by atoms with Crippen LogP contribution in [0.4, 0.5) is 0 Å². The lowest BCUT2D eigenvalue weighted by atomic mass is 10.5. The van der Waals surface area contributed by atoms with E-state index in [1.165, 1.54) is 15.4 Å². The predicted molar refractivity (Wildman–Crippen MR) is 52.5 cm³/mol. The van der Waals surface area contributed by atoms with Gasteiger partial charge in [-0.3, -0.25) is 4.57 Å². The molecule has 0 aliphatic carbocycles. The lowest BCUT2D eigenvalue weighted by Gasteiger charge is -2.01. The minimum atomic E-state index is -0.242. The van der Waals surface area contributed by atoms with Gasteiger partial charge in [0.2, 0.25) is 0 Å². The Morgan fingerprint density at radius 3 is 2.80 bits per heavy atom. The lowest BCUT2D eigenvalue weighted by Crippen LogP contribution is -2.25. The Morgan fingerprint density at radius 1 is 1.20 bits per heavy atom. The van der Waals surface area contributed by atoms with Crippen molar-refractivity contribution >= 4 is 16.8 Å². The summed E-state index contributed by atoms with van der Waals surface area (Å²) in [6.45, 7) is 0. The molecule has 3 heterocycles. The molecule has 3 rings (SSSR count). The quantitative estimate of drug-likeness (QED) is 0.486. The molecule has 15 heavy (non-hydrogen) atoms.